The number of thioether (sulfide) groups is 1. The Morgan fingerprint density at radius 3 is 2.65 bits per heavy atom. The second kappa shape index (κ2) is 7.05. The Kier molecular flexibility index (Phi) is 5.12. The van der Waals surface area contributed by atoms with Crippen molar-refractivity contribution in [2.24, 2.45) is 0 Å². The van der Waals surface area contributed by atoms with E-state index >= 15 is 0 Å². The van der Waals surface area contributed by atoms with Crippen LogP contribution in [0.3, 0.4) is 0 Å². The molecule has 0 bridgehead atoms. The van der Waals surface area contributed by atoms with Crippen LogP contribution in [0.2, 0.25) is 0 Å². The summed E-state index contributed by atoms with van der Waals surface area (Å²) in [5.74, 6) is -0.320. The van der Waals surface area contributed by atoms with E-state index in [2.05, 4.69) is 5.32 Å². The van der Waals surface area contributed by atoms with E-state index in [1.807, 2.05) is 0 Å². The molecule has 0 saturated heterocycles. The molecule has 5 heteroatoms. The van der Waals surface area contributed by atoms with E-state index in [0.29, 0.717) is 5.75 Å². The topological polar surface area (TPSA) is 29.1 Å². The number of halogens is 2. The fourth-order valence-corrected chi connectivity index (χ4v) is 2.41. The smallest absolute Gasteiger partial charge is 0.234 e. The molecule has 0 saturated carbocycles. The number of benzene rings is 2. The summed E-state index contributed by atoms with van der Waals surface area (Å²) in [6.45, 7) is 0. The second-order valence-corrected chi connectivity index (χ2v) is 5.14. The Morgan fingerprint density at radius 1 is 1.10 bits per heavy atom. The summed E-state index contributed by atoms with van der Waals surface area (Å²) in [6, 6.07) is 12.2. The first-order chi connectivity index (χ1) is 9.65. The maximum atomic E-state index is 13.3. The highest BCUT2D eigenvalue weighted by molar-refractivity contribution is 7.99. The molecule has 0 aliphatic heterocycles. The van der Waals surface area contributed by atoms with Crippen LogP contribution >= 0.6 is 11.8 Å². The summed E-state index contributed by atoms with van der Waals surface area (Å²) in [5.41, 5.74) is 0.984. The lowest BCUT2D eigenvalue weighted by Gasteiger charge is -2.06. The van der Waals surface area contributed by atoms with Crippen LogP contribution in [0.4, 0.5) is 14.5 Å². The zero-order valence-corrected chi connectivity index (χ0v) is 11.4. The van der Waals surface area contributed by atoms with Crippen molar-refractivity contribution >= 4 is 23.4 Å². The number of rotatable bonds is 5. The Bertz CT molecular complexity index is 604. The molecule has 0 radical (unpaired) electrons. The molecule has 2 nitrogen and oxygen atoms in total. The molecule has 1 amide bonds. The summed E-state index contributed by atoms with van der Waals surface area (Å²) >= 11 is 1.35. The maximum absolute atomic E-state index is 13.3. The van der Waals surface area contributed by atoms with Gasteiger partial charge >= 0.3 is 0 Å². The summed E-state index contributed by atoms with van der Waals surface area (Å²) in [7, 11) is 0. The molecule has 2 aromatic rings. The molecule has 0 aliphatic carbocycles. The summed E-state index contributed by atoms with van der Waals surface area (Å²) in [4.78, 5) is 11.6. The van der Waals surface area contributed by atoms with Gasteiger partial charge in [-0.25, -0.2) is 8.78 Å². The second-order valence-electron chi connectivity index (χ2n) is 4.15. The molecule has 1 N–H and O–H groups in total. The van der Waals surface area contributed by atoms with E-state index in [4.69, 9.17) is 0 Å². The summed E-state index contributed by atoms with van der Waals surface area (Å²) < 4.78 is 26.3. The lowest BCUT2D eigenvalue weighted by Crippen LogP contribution is -2.15. The molecule has 0 fully saturated rings. The first-order valence-corrected chi connectivity index (χ1v) is 7.17. The number of amides is 1. The third-order valence-corrected chi connectivity index (χ3v) is 3.54. The molecule has 20 heavy (non-hydrogen) atoms. The van der Waals surface area contributed by atoms with Gasteiger partial charge in [0.05, 0.1) is 11.4 Å². The van der Waals surface area contributed by atoms with Gasteiger partial charge in [0.25, 0.3) is 0 Å². The fraction of sp³-hybridized carbons (Fsp3) is 0.133. The standard InChI is InChI=1S/C15H13F2NOS/c16-12-5-3-4-11(8-12)9-20-10-15(19)18-14-7-2-1-6-13(14)17/h1-8H,9-10H2,(H,18,19). The van der Waals surface area contributed by atoms with Crippen LogP contribution in [0, 0.1) is 11.6 Å². The van der Waals surface area contributed by atoms with Crippen molar-refractivity contribution in [1.29, 1.82) is 0 Å². The SMILES string of the molecule is O=C(CSCc1cccc(F)c1)Nc1ccccc1F. The number of hydrogen-bond donors (Lipinski definition) is 1. The van der Waals surface area contributed by atoms with Gasteiger partial charge in [-0.05, 0) is 29.8 Å². The van der Waals surface area contributed by atoms with E-state index in [1.54, 1.807) is 24.3 Å². The summed E-state index contributed by atoms with van der Waals surface area (Å²) in [6.07, 6.45) is 0. The molecular weight excluding hydrogens is 280 g/mol. The van der Waals surface area contributed by atoms with Crippen LogP contribution in [0.1, 0.15) is 5.56 Å². The van der Waals surface area contributed by atoms with Crippen molar-refractivity contribution < 1.29 is 13.6 Å². The molecular formula is C15H13F2NOS. The highest BCUT2D eigenvalue weighted by atomic mass is 32.2. The van der Waals surface area contributed by atoms with E-state index < -0.39 is 5.82 Å². The van der Waals surface area contributed by atoms with Crippen LogP contribution in [-0.4, -0.2) is 11.7 Å². The number of anilines is 1. The van der Waals surface area contributed by atoms with Gasteiger partial charge < -0.3 is 5.32 Å². The van der Waals surface area contributed by atoms with Crippen LogP contribution in [0.25, 0.3) is 0 Å². The predicted octanol–water partition coefficient (Wildman–Crippen LogP) is 3.84. The lowest BCUT2D eigenvalue weighted by molar-refractivity contribution is -0.113. The highest BCUT2D eigenvalue weighted by Crippen LogP contribution is 2.15. The quantitative estimate of drug-likeness (QED) is 0.907. The third-order valence-electron chi connectivity index (χ3n) is 2.54. The first-order valence-electron chi connectivity index (χ1n) is 6.02. The zero-order valence-electron chi connectivity index (χ0n) is 10.6. The minimum Gasteiger partial charge on any atom is -0.323 e. The van der Waals surface area contributed by atoms with E-state index in [9.17, 15) is 13.6 Å². The van der Waals surface area contributed by atoms with Gasteiger partial charge in [-0.3, -0.25) is 4.79 Å². The minimum atomic E-state index is -0.462. The van der Waals surface area contributed by atoms with E-state index in [-0.39, 0.29) is 23.2 Å². The molecule has 0 unspecified atom stereocenters. The molecule has 0 atom stereocenters. The summed E-state index contributed by atoms with van der Waals surface area (Å²) in [5, 5.41) is 2.50. The van der Waals surface area contributed by atoms with Gasteiger partial charge in [0.1, 0.15) is 11.6 Å². The van der Waals surface area contributed by atoms with E-state index in [0.717, 1.165) is 5.56 Å². The number of para-hydroxylation sites is 1. The molecule has 2 aromatic carbocycles. The van der Waals surface area contributed by atoms with Gasteiger partial charge in [0.15, 0.2) is 0 Å². The number of carbonyl (C=O) groups excluding carboxylic acids is 1. The predicted molar refractivity (Wildman–Crippen MR) is 77.6 cm³/mol. The van der Waals surface area contributed by atoms with Crippen molar-refractivity contribution in [1.82, 2.24) is 0 Å². The number of carbonyl (C=O) groups is 1. The normalized spacial score (nSPS) is 10.3. The van der Waals surface area contributed by atoms with Gasteiger partial charge in [-0.2, -0.15) is 0 Å². The van der Waals surface area contributed by atoms with Crippen molar-refractivity contribution in [2.45, 2.75) is 5.75 Å². The molecule has 104 valence electrons. The zero-order chi connectivity index (χ0) is 14.4. The van der Waals surface area contributed by atoms with Gasteiger partial charge in [-0.1, -0.05) is 24.3 Å². The van der Waals surface area contributed by atoms with Crippen LogP contribution < -0.4 is 5.32 Å². The van der Waals surface area contributed by atoms with Gasteiger partial charge in [0, 0.05) is 5.75 Å². The third kappa shape index (κ3) is 4.35. The molecule has 2 rings (SSSR count). The van der Waals surface area contributed by atoms with Crippen molar-refractivity contribution in [3.63, 3.8) is 0 Å². The van der Waals surface area contributed by atoms with Crippen LogP contribution in [0.5, 0.6) is 0 Å². The largest absolute Gasteiger partial charge is 0.323 e. The number of hydrogen-bond acceptors (Lipinski definition) is 2. The average Bonchev–Trinajstić information content (AvgIpc) is 2.41. The Balaban J connectivity index is 1.80. The maximum Gasteiger partial charge on any atom is 0.234 e. The van der Waals surface area contributed by atoms with Crippen molar-refractivity contribution in [3.8, 4) is 0 Å². The van der Waals surface area contributed by atoms with Crippen LogP contribution in [0.15, 0.2) is 48.5 Å². The average molecular weight is 293 g/mol. The Hall–Kier alpha value is -1.88. The lowest BCUT2D eigenvalue weighted by atomic mass is 10.2. The fourth-order valence-electron chi connectivity index (χ4n) is 1.64. The van der Waals surface area contributed by atoms with Crippen molar-refractivity contribution in [2.75, 3.05) is 11.1 Å². The molecule has 0 spiro atoms. The first kappa shape index (κ1) is 14.5. The van der Waals surface area contributed by atoms with Gasteiger partial charge in [-0.15, -0.1) is 11.8 Å². The monoisotopic (exact) mass is 293 g/mol. The molecule has 0 aromatic heterocycles. The van der Waals surface area contributed by atoms with Crippen LogP contribution in [-0.2, 0) is 10.5 Å². The Labute approximate surface area is 120 Å². The highest BCUT2D eigenvalue weighted by Gasteiger charge is 2.06. The van der Waals surface area contributed by atoms with E-state index in [1.165, 1.54) is 36.0 Å². The Morgan fingerprint density at radius 2 is 1.90 bits per heavy atom. The molecule has 0 aliphatic rings. The van der Waals surface area contributed by atoms with Crippen molar-refractivity contribution in [3.05, 3.63) is 65.7 Å². The molecule has 0 heterocycles. The minimum absolute atomic E-state index is 0.170. The van der Waals surface area contributed by atoms with Gasteiger partial charge in [0.2, 0.25) is 5.91 Å². The number of nitrogens with one attached hydrogen (secondary N) is 1.